The molecule has 0 aromatic carbocycles. The number of nitrogens with zero attached hydrogens (tertiary/aromatic N) is 3. The van der Waals surface area contributed by atoms with Crippen LogP contribution in [0.4, 0.5) is 20.4 Å². The Morgan fingerprint density at radius 3 is 3.04 bits per heavy atom. The molecule has 1 aliphatic rings. The van der Waals surface area contributed by atoms with Crippen LogP contribution < -0.4 is 20.1 Å². The van der Waals surface area contributed by atoms with E-state index in [1.807, 2.05) is 0 Å². The number of anilines is 2. The molecule has 1 fully saturated rings. The molecule has 3 rings (SSSR count). The van der Waals surface area contributed by atoms with E-state index >= 15 is 0 Å². The lowest BCUT2D eigenvalue weighted by molar-refractivity contribution is -0.0528. The van der Waals surface area contributed by atoms with Gasteiger partial charge in [-0.25, -0.2) is 5.10 Å². The van der Waals surface area contributed by atoms with Gasteiger partial charge in [-0.05, 0) is 31.8 Å². The van der Waals surface area contributed by atoms with Crippen molar-refractivity contribution in [2.75, 3.05) is 18.4 Å². The largest absolute Gasteiger partial charge is 0.473 e. The summed E-state index contributed by atoms with van der Waals surface area (Å²) >= 11 is 0. The number of aromatic nitrogens is 4. The van der Waals surface area contributed by atoms with Crippen molar-refractivity contribution in [3.63, 3.8) is 0 Å². The van der Waals surface area contributed by atoms with Crippen LogP contribution in [0.25, 0.3) is 0 Å². The summed E-state index contributed by atoms with van der Waals surface area (Å²) in [4.78, 5) is 8.42. The first-order valence-corrected chi connectivity index (χ1v) is 8.05. The van der Waals surface area contributed by atoms with Crippen LogP contribution in [0.5, 0.6) is 11.8 Å². The number of ether oxygens (including phenoxy) is 2. The molecule has 0 unspecified atom stereocenters. The van der Waals surface area contributed by atoms with Crippen LogP contribution in [0.3, 0.4) is 0 Å². The second-order valence-electron chi connectivity index (χ2n) is 5.94. The average Bonchev–Trinajstić information content (AvgIpc) is 2.87. The molecule has 136 valence electrons. The van der Waals surface area contributed by atoms with Gasteiger partial charge in [-0.15, -0.1) is 0 Å². The smallest absolute Gasteiger partial charge is 0.388 e. The van der Waals surface area contributed by atoms with Crippen molar-refractivity contribution in [3.8, 4) is 11.8 Å². The zero-order chi connectivity index (χ0) is 17.6. The highest BCUT2D eigenvalue weighted by Crippen LogP contribution is 2.21. The van der Waals surface area contributed by atoms with Crippen LogP contribution in [0.1, 0.15) is 19.8 Å². The summed E-state index contributed by atoms with van der Waals surface area (Å²) in [5, 5.41) is 12.4. The van der Waals surface area contributed by atoms with E-state index in [0.29, 0.717) is 17.6 Å². The Morgan fingerprint density at radius 2 is 2.20 bits per heavy atom. The van der Waals surface area contributed by atoms with Crippen molar-refractivity contribution < 1.29 is 18.3 Å². The molecule has 1 saturated heterocycles. The minimum absolute atomic E-state index is 0.0750. The Hall–Kier alpha value is -2.49. The fraction of sp³-hybridized carbons (Fsp3) is 0.533. The van der Waals surface area contributed by atoms with E-state index in [1.54, 1.807) is 6.20 Å². The molecule has 10 heteroatoms. The maximum Gasteiger partial charge on any atom is 0.388 e. The van der Waals surface area contributed by atoms with Gasteiger partial charge in [0.1, 0.15) is 6.10 Å². The lowest BCUT2D eigenvalue weighted by Gasteiger charge is -2.18. The van der Waals surface area contributed by atoms with Gasteiger partial charge in [0.15, 0.2) is 11.6 Å². The number of alkyl halides is 2. The van der Waals surface area contributed by atoms with Crippen LogP contribution in [0.15, 0.2) is 18.5 Å². The van der Waals surface area contributed by atoms with Gasteiger partial charge in [0, 0.05) is 6.07 Å². The Balaban J connectivity index is 1.62. The van der Waals surface area contributed by atoms with E-state index in [9.17, 15) is 8.78 Å². The first kappa shape index (κ1) is 17.3. The molecule has 0 radical (unpaired) electrons. The number of nitrogens with one attached hydrogen (secondary N) is 3. The first-order chi connectivity index (χ1) is 12.1. The van der Waals surface area contributed by atoms with Gasteiger partial charge >= 0.3 is 6.61 Å². The van der Waals surface area contributed by atoms with E-state index in [-0.39, 0.29) is 17.8 Å². The Kier molecular flexibility index (Phi) is 5.59. The van der Waals surface area contributed by atoms with Gasteiger partial charge in [-0.3, -0.25) is 4.98 Å². The summed E-state index contributed by atoms with van der Waals surface area (Å²) in [5.41, 5.74) is 0. The predicted molar refractivity (Wildman–Crippen MR) is 86.2 cm³/mol. The van der Waals surface area contributed by atoms with E-state index in [4.69, 9.17) is 4.74 Å². The third kappa shape index (κ3) is 5.24. The lowest BCUT2D eigenvalue weighted by atomic mass is 10.0. The summed E-state index contributed by atoms with van der Waals surface area (Å²) in [6, 6.07) is 1.31. The second kappa shape index (κ2) is 8.06. The molecular weight excluding hydrogens is 334 g/mol. The number of hydrogen-bond donors (Lipinski definition) is 3. The minimum atomic E-state index is -2.92. The summed E-state index contributed by atoms with van der Waals surface area (Å²) < 4.78 is 34.5. The van der Waals surface area contributed by atoms with Crippen molar-refractivity contribution in [3.05, 3.63) is 18.5 Å². The van der Waals surface area contributed by atoms with Gasteiger partial charge in [-0.2, -0.15) is 18.9 Å². The molecule has 3 N–H and O–H groups in total. The number of rotatable bonds is 6. The topological polar surface area (TPSA) is 97.0 Å². The molecule has 25 heavy (non-hydrogen) atoms. The number of aromatic amines is 1. The van der Waals surface area contributed by atoms with Crippen molar-refractivity contribution in [2.45, 2.75) is 32.5 Å². The van der Waals surface area contributed by atoms with Gasteiger partial charge in [0.25, 0.3) is 0 Å². The van der Waals surface area contributed by atoms with Crippen LogP contribution >= 0.6 is 0 Å². The fourth-order valence-corrected chi connectivity index (χ4v) is 2.66. The molecule has 0 bridgehead atoms. The normalized spacial score (nSPS) is 21.0. The summed E-state index contributed by atoms with van der Waals surface area (Å²) in [6.45, 7) is 1.14. The second-order valence-corrected chi connectivity index (χ2v) is 5.94. The highest BCUT2D eigenvalue weighted by Gasteiger charge is 2.19. The third-order valence-electron chi connectivity index (χ3n) is 3.73. The maximum absolute atomic E-state index is 12.2. The van der Waals surface area contributed by atoms with E-state index in [2.05, 4.69) is 42.5 Å². The van der Waals surface area contributed by atoms with Gasteiger partial charge in [0.2, 0.25) is 11.8 Å². The van der Waals surface area contributed by atoms with E-state index in [0.717, 1.165) is 25.9 Å². The zero-order valence-electron chi connectivity index (χ0n) is 13.7. The summed E-state index contributed by atoms with van der Waals surface area (Å²) in [7, 11) is 0. The minimum Gasteiger partial charge on any atom is -0.473 e. The standard InChI is InChI=1S/C15H20F2N6O2/c1-9-4-10(2-3-18-6-9)24-14-8-19-7-12(21-14)20-11-5-13(23-22-11)25-15(16)17/h5,7-10,15,18H,2-4,6H2,1H3,(H2,20,21,22,23)/t9-,10-/m0/s1. The molecule has 8 nitrogen and oxygen atoms in total. The summed E-state index contributed by atoms with van der Waals surface area (Å²) in [5.74, 6) is 1.47. The SMILES string of the molecule is C[C@@H]1CNCC[C@H](Oc2cncc(Nc3cc(OC(F)F)[nH]n3)n2)C1. The molecule has 1 aliphatic heterocycles. The Bertz CT molecular complexity index is 684. The van der Waals surface area contributed by atoms with Crippen molar-refractivity contribution in [1.29, 1.82) is 0 Å². The monoisotopic (exact) mass is 354 g/mol. The quantitative estimate of drug-likeness (QED) is 0.732. The molecule has 2 atom stereocenters. The highest BCUT2D eigenvalue weighted by molar-refractivity contribution is 5.51. The molecule has 0 saturated carbocycles. The summed E-state index contributed by atoms with van der Waals surface area (Å²) in [6.07, 6.45) is 4.96. The number of halogens is 2. The van der Waals surface area contributed by atoms with Gasteiger partial charge in [-0.1, -0.05) is 6.92 Å². The zero-order valence-corrected chi connectivity index (χ0v) is 13.7. The van der Waals surface area contributed by atoms with Crippen LogP contribution in [0, 0.1) is 5.92 Å². The number of H-pyrrole nitrogens is 1. The molecule has 2 aromatic rings. The molecule has 0 amide bonds. The van der Waals surface area contributed by atoms with Crippen LogP contribution in [0.2, 0.25) is 0 Å². The Labute approximate surface area is 143 Å². The van der Waals surface area contributed by atoms with Gasteiger partial charge < -0.3 is 20.1 Å². The van der Waals surface area contributed by atoms with Crippen molar-refractivity contribution >= 4 is 11.6 Å². The highest BCUT2D eigenvalue weighted by atomic mass is 19.3. The third-order valence-corrected chi connectivity index (χ3v) is 3.73. The van der Waals surface area contributed by atoms with Crippen LogP contribution in [-0.2, 0) is 0 Å². The first-order valence-electron chi connectivity index (χ1n) is 8.05. The van der Waals surface area contributed by atoms with Crippen LogP contribution in [-0.4, -0.2) is 46.0 Å². The molecule has 2 aromatic heterocycles. The fourth-order valence-electron chi connectivity index (χ4n) is 2.66. The van der Waals surface area contributed by atoms with E-state index in [1.165, 1.54) is 12.3 Å². The number of hydrogen-bond acceptors (Lipinski definition) is 7. The maximum atomic E-state index is 12.2. The molecule has 0 spiro atoms. The van der Waals surface area contributed by atoms with E-state index < -0.39 is 6.61 Å². The lowest BCUT2D eigenvalue weighted by Crippen LogP contribution is -2.20. The van der Waals surface area contributed by atoms with Gasteiger partial charge in [0.05, 0.1) is 12.4 Å². The molecular formula is C15H20F2N6O2. The average molecular weight is 354 g/mol. The molecule has 3 heterocycles. The molecule has 0 aliphatic carbocycles. The van der Waals surface area contributed by atoms with Crippen molar-refractivity contribution in [2.24, 2.45) is 5.92 Å². The predicted octanol–water partition coefficient (Wildman–Crippen LogP) is 2.31. The van der Waals surface area contributed by atoms with Crippen molar-refractivity contribution in [1.82, 2.24) is 25.5 Å². The Morgan fingerprint density at radius 1 is 1.32 bits per heavy atom.